The van der Waals surface area contributed by atoms with E-state index in [2.05, 4.69) is 53.7 Å². The van der Waals surface area contributed by atoms with E-state index < -0.39 is 5.66 Å². The predicted octanol–water partition coefficient (Wildman–Crippen LogP) is 4.61. The molecule has 1 aliphatic heterocycles. The molecule has 4 N–H and O–H groups in total. The van der Waals surface area contributed by atoms with Crippen molar-refractivity contribution in [1.82, 2.24) is 15.6 Å². The van der Waals surface area contributed by atoms with Gasteiger partial charge >= 0.3 is 0 Å². The third kappa shape index (κ3) is 6.21. The molecule has 1 unspecified atom stereocenters. The molecule has 7 heteroatoms. The zero-order valence-corrected chi connectivity index (χ0v) is 20.2. The van der Waals surface area contributed by atoms with Crippen LogP contribution in [0.2, 0.25) is 0 Å². The van der Waals surface area contributed by atoms with Crippen LogP contribution in [0.15, 0.2) is 71.9 Å². The van der Waals surface area contributed by atoms with Crippen molar-refractivity contribution < 1.29 is 4.74 Å². The first-order valence-electron chi connectivity index (χ1n) is 11.2. The number of nitrogens with two attached hydrogens (primary N) is 1. The van der Waals surface area contributed by atoms with Gasteiger partial charge in [-0.25, -0.2) is 9.98 Å². The molecular weight excluding hydrogens is 430 g/mol. The topological polar surface area (TPSA) is 84.6 Å². The second kappa shape index (κ2) is 10.2. The number of aryl methyl sites for hydroxylation is 1. The van der Waals surface area contributed by atoms with Crippen molar-refractivity contribution in [2.45, 2.75) is 39.5 Å². The van der Waals surface area contributed by atoms with E-state index in [4.69, 9.17) is 15.5 Å². The second-order valence-corrected chi connectivity index (χ2v) is 9.82. The van der Waals surface area contributed by atoms with Crippen molar-refractivity contribution in [3.8, 4) is 16.3 Å². The number of aromatic nitrogens is 1. The highest BCUT2D eigenvalue weighted by Crippen LogP contribution is 2.31. The van der Waals surface area contributed by atoms with Crippen LogP contribution in [0.1, 0.15) is 30.0 Å². The van der Waals surface area contributed by atoms with E-state index in [1.165, 1.54) is 0 Å². The average Bonchev–Trinajstić information content (AvgIpc) is 3.17. The van der Waals surface area contributed by atoms with Gasteiger partial charge in [-0.1, -0.05) is 44.2 Å². The molecule has 1 atom stereocenters. The summed E-state index contributed by atoms with van der Waals surface area (Å²) in [6.45, 7) is 7.74. The minimum atomic E-state index is -0.704. The number of hydrogen-bond donors (Lipinski definition) is 3. The minimum Gasteiger partial charge on any atom is -0.489 e. The van der Waals surface area contributed by atoms with Gasteiger partial charge in [-0.15, -0.1) is 11.3 Å². The molecule has 0 bridgehead atoms. The highest BCUT2D eigenvalue weighted by Gasteiger charge is 2.28. The fraction of sp³-hybridized carbons (Fsp3) is 0.308. The largest absolute Gasteiger partial charge is 0.489 e. The lowest BCUT2D eigenvalue weighted by Crippen LogP contribution is -2.60. The second-order valence-electron chi connectivity index (χ2n) is 8.74. The van der Waals surface area contributed by atoms with E-state index in [9.17, 15) is 0 Å². The van der Waals surface area contributed by atoms with Gasteiger partial charge in [0.05, 0.1) is 5.69 Å². The molecule has 6 nitrogen and oxygen atoms in total. The maximum Gasteiger partial charge on any atom is 0.197 e. The van der Waals surface area contributed by atoms with E-state index in [1.54, 1.807) is 17.5 Å². The van der Waals surface area contributed by atoms with Crippen LogP contribution in [0.3, 0.4) is 0 Å². The first kappa shape index (κ1) is 23.0. The Kier molecular flexibility index (Phi) is 7.11. The molecule has 172 valence electrons. The van der Waals surface area contributed by atoms with Crippen LogP contribution in [0.25, 0.3) is 10.6 Å². The Bertz CT molecular complexity index is 1120. The number of guanidine groups is 1. The van der Waals surface area contributed by atoms with Gasteiger partial charge in [0.25, 0.3) is 0 Å². The standard InChI is InChI=1S/C26H31N5OS/c1-18(2)16-29-25-28-14-13-26(27,31-25)15-23-19(3)30-24(33-23)21-9-11-22(12-10-21)32-17-20-7-5-4-6-8-20/h4-14,18H,15-17,27H2,1-3H3,(H2,28,29,31). The summed E-state index contributed by atoms with van der Waals surface area (Å²) in [5, 5.41) is 7.63. The van der Waals surface area contributed by atoms with Crippen molar-refractivity contribution in [1.29, 1.82) is 0 Å². The molecule has 0 amide bonds. The van der Waals surface area contributed by atoms with Gasteiger partial charge in [0, 0.05) is 29.6 Å². The van der Waals surface area contributed by atoms with Crippen LogP contribution in [0, 0.1) is 12.8 Å². The summed E-state index contributed by atoms with van der Waals surface area (Å²) in [6.07, 6.45) is 4.31. The van der Waals surface area contributed by atoms with Crippen LogP contribution in [-0.2, 0) is 13.0 Å². The summed E-state index contributed by atoms with van der Waals surface area (Å²) >= 11 is 1.67. The van der Waals surface area contributed by atoms with Crippen LogP contribution >= 0.6 is 11.3 Å². The average molecular weight is 462 g/mol. The molecule has 0 radical (unpaired) electrons. The lowest BCUT2D eigenvalue weighted by Gasteiger charge is -2.31. The first-order valence-corrected chi connectivity index (χ1v) is 12.0. The number of thiazole rings is 1. The molecule has 1 aliphatic rings. The number of nitrogens with zero attached hydrogens (tertiary/aromatic N) is 2. The maximum atomic E-state index is 6.65. The molecule has 3 aromatic rings. The van der Waals surface area contributed by atoms with Crippen molar-refractivity contribution >= 4 is 17.3 Å². The highest BCUT2D eigenvalue weighted by atomic mass is 32.1. The molecule has 0 saturated heterocycles. The third-order valence-electron chi connectivity index (χ3n) is 5.30. The number of benzene rings is 2. The monoisotopic (exact) mass is 461 g/mol. The molecule has 4 rings (SSSR count). The van der Waals surface area contributed by atoms with E-state index in [0.717, 1.165) is 39.0 Å². The summed E-state index contributed by atoms with van der Waals surface area (Å²) in [7, 11) is 0. The smallest absolute Gasteiger partial charge is 0.197 e. The molecule has 0 saturated carbocycles. The van der Waals surface area contributed by atoms with Crippen molar-refractivity contribution in [3.63, 3.8) is 0 Å². The van der Waals surface area contributed by atoms with Crippen molar-refractivity contribution in [3.05, 3.63) is 83.0 Å². The maximum absolute atomic E-state index is 6.65. The quantitative estimate of drug-likeness (QED) is 0.456. The van der Waals surface area contributed by atoms with Crippen molar-refractivity contribution in [2.75, 3.05) is 6.54 Å². The number of nitrogens with one attached hydrogen (secondary N) is 2. The first-order chi connectivity index (χ1) is 15.9. The number of rotatable bonds is 8. The van der Waals surface area contributed by atoms with Gasteiger partial charge in [-0.3, -0.25) is 0 Å². The molecule has 33 heavy (non-hydrogen) atoms. The predicted molar refractivity (Wildman–Crippen MR) is 136 cm³/mol. The van der Waals surface area contributed by atoms with Gasteiger partial charge in [0.1, 0.15) is 23.0 Å². The summed E-state index contributed by atoms with van der Waals surface area (Å²) < 4.78 is 5.90. The molecule has 0 fully saturated rings. The lowest BCUT2D eigenvalue weighted by atomic mass is 10.0. The molecule has 0 spiro atoms. The summed E-state index contributed by atoms with van der Waals surface area (Å²) in [5.74, 6) is 2.07. The Morgan fingerprint density at radius 2 is 1.88 bits per heavy atom. The zero-order chi connectivity index (χ0) is 23.3. The normalized spacial score (nSPS) is 17.5. The summed E-state index contributed by atoms with van der Waals surface area (Å²) in [4.78, 5) is 10.3. The van der Waals surface area contributed by atoms with Crippen LogP contribution in [0.4, 0.5) is 0 Å². The van der Waals surface area contributed by atoms with Gasteiger partial charge in [-0.2, -0.15) is 0 Å². The van der Waals surface area contributed by atoms with Gasteiger partial charge in [0.15, 0.2) is 5.96 Å². The Morgan fingerprint density at radius 3 is 2.61 bits per heavy atom. The number of aliphatic imine (C=N–C) groups is 1. The Labute approximate surface area is 199 Å². The van der Waals surface area contributed by atoms with Gasteiger partial charge in [-0.05, 0) is 48.7 Å². The number of hydrogen-bond acceptors (Lipinski definition) is 7. The van der Waals surface area contributed by atoms with Crippen LogP contribution < -0.4 is 21.1 Å². The van der Waals surface area contributed by atoms with Gasteiger partial charge in [0.2, 0.25) is 0 Å². The van der Waals surface area contributed by atoms with Crippen LogP contribution in [-0.4, -0.2) is 23.2 Å². The van der Waals surface area contributed by atoms with Gasteiger partial charge < -0.3 is 21.1 Å². The highest BCUT2D eigenvalue weighted by molar-refractivity contribution is 7.15. The Morgan fingerprint density at radius 1 is 1.12 bits per heavy atom. The SMILES string of the molecule is Cc1nc(-c2ccc(OCc3ccccc3)cc2)sc1CC1(N)C=CN=C(NCC(C)C)N1. The minimum absolute atomic E-state index is 0.522. The molecule has 2 aromatic carbocycles. The van der Waals surface area contributed by atoms with E-state index in [0.29, 0.717) is 24.9 Å². The molecule has 2 heterocycles. The van der Waals surface area contributed by atoms with Crippen molar-refractivity contribution in [2.24, 2.45) is 16.6 Å². The summed E-state index contributed by atoms with van der Waals surface area (Å²) in [5.41, 5.74) is 9.16. The number of ether oxygens (including phenoxy) is 1. The molecule has 0 aliphatic carbocycles. The molecule has 1 aromatic heterocycles. The van der Waals surface area contributed by atoms with E-state index >= 15 is 0 Å². The Balaban J connectivity index is 1.40. The lowest BCUT2D eigenvalue weighted by molar-refractivity contribution is 0.306. The fourth-order valence-corrected chi connectivity index (χ4v) is 4.62. The Hall–Kier alpha value is -3.16. The molecular formula is C26H31N5OS. The van der Waals surface area contributed by atoms with Crippen LogP contribution in [0.5, 0.6) is 5.75 Å². The van der Waals surface area contributed by atoms with E-state index in [1.807, 2.05) is 43.3 Å². The fourth-order valence-electron chi connectivity index (χ4n) is 3.45. The van der Waals surface area contributed by atoms with E-state index in [-0.39, 0.29) is 0 Å². The summed E-state index contributed by atoms with van der Waals surface area (Å²) in [6, 6.07) is 18.3. The zero-order valence-electron chi connectivity index (χ0n) is 19.3. The third-order valence-corrected chi connectivity index (χ3v) is 6.51.